The van der Waals surface area contributed by atoms with Gasteiger partial charge in [-0.1, -0.05) is 90.4 Å². The summed E-state index contributed by atoms with van der Waals surface area (Å²) < 4.78 is 0. The molecule has 0 aromatic heterocycles. The first kappa shape index (κ1) is 25.7. The molecule has 1 atom stereocenters. The monoisotopic (exact) mass is 337 g/mol. The van der Waals surface area contributed by atoms with Crippen molar-refractivity contribution >= 4 is 5.97 Å². The fourth-order valence-electron chi connectivity index (χ4n) is 2.73. The van der Waals surface area contributed by atoms with Gasteiger partial charge in [0.25, 0.3) is 0 Å². The molecule has 3 nitrogen and oxygen atoms in total. The van der Waals surface area contributed by atoms with E-state index in [0.717, 1.165) is 13.0 Å². The van der Waals surface area contributed by atoms with Gasteiger partial charge in [0.05, 0.1) is 0 Å². The molecule has 0 saturated carbocycles. The Labute approximate surface area is 168 Å². The van der Waals surface area contributed by atoms with E-state index in [2.05, 4.69) is 12.2 Å². The Morgan fingerprint density at radius 3 is 1.52 bits per heavy atom. The molecule has 0 spiro atoms. The zero-order chi connectivity index (χ0) is 16.5. The van der Waals surface area contributed by atoms with Gasteiger partial charge in [0.2, 0.25) is 0 Å². The van der Waals surface area contributed by atoms with Crippen LogP contribution in [0.4, 0.5) is 0 Å². The van der Waals surface area contributed by atoms with Crippen LogP contribution in [0, 0.1) is 0 Å². The van der Waals surface area contributed by atoms with E-state index in [9.17, 15) is 4.79 Å². The maximum Gasteiger partial charge on any atom is 1.00 e. The Balaban J connectivity index is -0.00000220. The van der Waals surface area contributed by atoms with Crippen molar-refractivity contribution in [3.05, 3.63) is 0 Å². The minimum atomic E-state index is -0.759. The van der Waals surface area contributed by atoms with Gasteiger partial charge >= 0.3 is 35.5 Å². The molecule has 23 heavy (non-hydrogen) atoms. The van der Waals surface area contributed by atoms with Crippen LogP contribution in [-0.2, 0) is 4.79 Å². The Kier molecular flexibility index (Phi) is 22.8. The standard InChI is InChI=1S/C19H39NO2.Na.H/c1-3-4-5-6-7-8-9-10-11-12-13-14-15-16-17-20-18(2)19(21)22;;/h18,20H,3-17H2,1-2H3,(H,21,22);;/q;+1;-1. The molecule has 0 rings (SSSR count). The molecule has 0 radical (unpaired) electrons. The minimum absolute atomic E-state index is 0. The van der Waals surface area contributed by atoms with Gasteiger partial charge in [-0.25, -0.2) is 0 Å². The van der Waals surface area contributed by atoms with Crippen LogP contribution in [-0.4, -0.2) is 23.7 Å². The summed E-state index contributed by atoms with van der Waals surface area (Å²) in [5.41, 5.74) is 0. The summed E-state index contributed by atoms with van der Waals surface area (Å²) in [6.07, 6.45) is 19.0. The fourth-order valence-corrected chi connectivity index (χ4v) is 2.73. The van der Waals surface area contributed by atoms with Gasteiger partial charge in [-0.3, -0.25) is 4.79 Å². The number of hydrogen-bond acceptors (Lipinski definition) is 2. The third-order valence-electron chi connectivity index (χ3n) is 4.35. The van der Waals surface area contributed by atoms with Crippen molar-refractivity contribution in [2.24, 2.45) is 0 Å². The number of hydrogen-bond donors (Lipinski definition) is 2. The molecule has 0 amide bonds. The molecule has 0 aromatic rings. The first-order chi connectivity index (χ1) is 10.7. The molecule has 0 saturated heterocycles. The molecule has 134 valence electrons. The minimum Gasteiger partial charge on any atom is -1.00 e. The molecule has 4 heteroatoms. The van der Waals surface area contributed by atoms with Crippen LogP contribution in [0.2, 0.25) is 0 Å². The molecule has 0 heterocycles. The smallest absolute Gasteiger partial charge is 1.00 e. The number of carboxylic acid groups (broad SMARTS) is 1. The number of aliphatic carboxylic acids is 1. The summed E-state index contributed by atoms with van der Waals surface area (Å²) in [5.74, 6) is -0.759. The Bertz CT molecular complexity index is 256. The van der Waals surface area contributed by atoms with Crippen LogP contribution in [0.25, 0.3) is 0 Å². The second-order valence-electron chi connectivity index (χ2n) is 6.61. The van der Waals surface area contributed by atoms with Gasteiger partial charge in [-0.2, -0.15) is 0 Å². The number of rotatable bonds is 17. The summed E-state index contributed by atoms with van der Waals surface area (Å²) in [5, 5.41) is 11.8. The number of carbonyl (C=O) groups is 1. The first-order valence-electron chi connectivity index (χ1n) is 9.64. The maximum absolute atomic E-state index is 10.6. The van der Waals surface area contributed by atoms with Crippen molar-refractivity contribution in [1.82, 2.24) is 5.32 Å². The average Bonchev–Trinajstić information content (AvgIpc) is 2.50. The van der Waals surface area contributed by atoms with Crippen LogP contribution in [0.15, 0.2) is 0 Å². The third kappa shape index (κ3) is 20.4. The van der Waals surface area contributed by atoms with Gasteiger partial charge in [-0.05, 0) is 19.9 Å². The Hall–Kier alpha value is 0.430. The molecule has 0 aliphatic rings. The van der Waals surface area contributed by atoms with Crippen LogP contribution >= 0.6 is 0 Å². The number of carboxylic acids is 1. The fraction of sp³-hybridized carbons (Fsp3) is 0.947. The average molecular weight is 338 g/mol. The summed E-state index contributed by atoms with van der Waals surface area (Å²) in [7, 11) is 0. The van der Waals surface area contributed by atoms with Crippen molar-refractivity contribution in [2.75, 3.05) is 6.54 Å². The van der Waals surface area contributed by atoms with E-state index in [1.807, 2.05) is 0 Å². The van der Waals surface area contributed by atoms with Crippen molar-refractivity contribution in [1.29, 1.82) is 0 Å². The Morgan fingerprint density at radius 2 is 1.17 bits per heavy atom. The van der Waals surface area contributed by atoms with E-state index in [1.54, 1.807) is 6.92 Å². The quantitative estimate of drug-likeness (QED) is 0.317. The summed E-state index contributed by atoms with van der Waals surface area (Å²) in [6.45, 7) is 4.80. The predicted octanol–water partition coefficient (Wildman–Crippen LogP) is 2.65. The van der Waals surface area contributed by atoms with Crippen molar-refractivity contribution in [3.8, 4) is 0 Å². The topological polar surface area (TPSA) is 49.3 Å². The molecule has 0 aliphatic carbocycles. The second kappa shape index (κ2) is 20.5. The van der Waals surface area contributed by atoms with E-state index in [1.165, 1.54) is 83.5 Å². The maximum atomic E-state index is 10.6. The van der Waals surface area contributed by atoms with Gasteiger partial charge in [0.1, 0.15) is 6.04 Å². The number of unbranched alkanes of at least 4 members (excludes halogenated alkanes) is 13. The van der Waals surface area contributed by atoms with E-state index >= 15 is 0 Å². The molecule has 0 bridgehead atoms. The van der Waals surface area contributed by atoms with E-state index in [4.69, 9.17) is 5.11 Å². The molecule has 0 fully saturated rings. The number of nitrogens with one attached hydrogen (secondary N) is 1. The third-order valence-corrected chi connectivity index (χ3v) is 4.35. The molecular weight excluding hydrogens is 297 g/mol. The van der Waals surface area contributed by atoms with E-state index in [0.29, 0.717) is 0 Å². The second-order valence-corrected chi connectivity index (χ2v) is 6.61. The summed E-state index contributed by atoms with van der Waals surface area (Å²) >= 11 is 0. The molecule has 1 unspecified atom stereocenters. The van der Waals surface area contributed by atoms with Gasteiger partial charge < -0.3 is 11.8 Å². The van der Waals surface area contributed by atoms with Gasteiger partial charge in [0, 0.05) is 0 Å². The first-order valence-corrected chi connectivity index (χ1v) is 9.64. The van der Waals surface area contributed by atoms with Crippen LogP contribution in [0.5, 0.6) is 0 Å². The normalized spacial score (nSPS) is 11.9. The summed E-state index contributed by atoms with van der Waals surface area (Å²) in [4.78, 5) is 10.6. The van der Waals surface area contributed by atoms with E-state index in [-0.39, 0.29) is 31.0 Å². The SMILES string of the molecule is CCCCCCCCCCCCCCCCNC(C)C(=O)O.[H-].[Na+]. The van der Waals surface area contributed by atoms with Crippen molar-refractivity contribution in [3.63, 3.8) is 0 Å². The molecule has 2 N–H and O–H groups in total. The van der Waals surface area contributed by atoms with Crippen LogP contribution < -0.4 is 34.9 Å². The zero-order valence-corrected chi connectivity index (χ0v) is 18.0. The molecule has 0 aromatic carbocycles. The Morgan fingerprint density at radius 1 is 0.826 bits per heavy atom. The molecule has 0 aliphatic heterocycles. The van der Waals surface area contributed by atoms with Crippen molar-refractivity contribution < 1.29 is 40.9 Å². The zero-order valence-electron chi connectivity index (χ0n) is 17.0. The molecular formula is C19H40NNaO2. The van der Waals surface area contributed by atoms with E-state index < -0.39 is 12.0 Å². The van der Waals surface area contributed by atoms with Gasteiger partial charge in [-0.15, -0.1) is 0 Å². The van der Waals surface area contributed by atoms with Gasteiger partial charge in [0.15, 0.2) is 0 Å². The largest absolute Gasteiger partial charge is 1.00 e. The summed E-state index contributed by atoms with van der Waals surface area (Å²) in [6, 6.07) is -0.415. The van der Waals surface area contributed by atoms with Crippen LogP contribution in [0.1, 0.15) is 105 Å². The van der Waals surface area contributed by atoms with Crippen molar-refractivity contribution in [2.45, 2.75) is 110 Å². The van der Waals surface area contributed by atoms with Crippen LogP contribution in [0.3, 0.4) is 0 Å². The predicted molar refractivity (Wildman–Crippen MR) is 96.5 cm³/mol.